The van der Waals surface area contributed by atoms with Crippen LogP contribution in [0.1, 0.15) is 39.6 Å². The molecule has 2 N–H and O–H groups in total. The van der Waals surface area contributed by atoms with Gasteiger partial charge in [0.15, 0.2) is 0 Å². The zero-order valence-corrected chi connectivity index (χ0v) is 19.4. The van der Waals surface area contributed by atoms with Crippen molar-refractivity contribution < 1.29 is 24.5 Å². The molecular weight excluding hydrogens is 426 g/mol. The van der Waals surface area contributed by atoms with Crippen LogP contribution in [-0.4, -0.2) is 26.0 Å². The smallest absolute Gasteiger partial charge is 0.336 e. The number of rotatable bonds is 8. The predicted molar refractivity (Wildman–Crippen MR) is 126 cm³/mol. The summed E-state index contributed by atoms with van der Waals surface area (Å²) in [5.41, 5.74) is 4.47. The fourth-order valence-corrected chi connectivity index (χ4v) is 4.40. The lowest BCUT2D eigenvalue weighted by molar-refractivity contribution is 0.0695. The van der Waals surface area contributed by atoms with Crippen LogP contribution >= 0.6 is 0 Å². The summed E-state index contributed by atoms with van der Waals surface area (Å²) in [6.45, 7) is 7.63. The molecule has 3 aromatic carbocycles. The molecular formula is C25H29NO5S. The highest BCUT2D eigenvalue weighted by atomic mass is 32.2. The molecule has 0 fully saturated rings. The summed E-state index contributed by atoms with van der Waals surface area (Å²) in [5, 5.41) is 9.32. The van der Waals surface area contributed by atoms with Gasteiger partial charge in [0, 0.05) is 7.97 Å². The molecule has 0 bridgehead atoms. The van der Waals surface area contributed by atoms with Crippen molar-refractivity contribution in [3.05, 3.63) is 88.0 Å². The number of carboxylic acids is 1. The first-order chi connectivity index (χ1) is 15.1. The molecule has 0 aliphatic carbocycles. The first-order valence-electron chi connectivity index (χ1n) is 10.2. The normalized spacial score (nSPS) is 11.4. The maximum absolute atomic E-state index is 12.6. The molecule has 0 aliphatic rings. The monoisotopic (exact) mass is 455 g/mol. The Morgan fingerprint density at radius 3 is 2.19 bits per heavy atom. The molecule has 3 rings (SSSR count). The minimum absolute atomic E-state index is 0. The molecule has 6 nitrogen and oxygen atoms in total. The lowest BCUT2D eigenvalue weighted by Gasteiger charge is -2.12. The van der Waals surface area contributed by atoms with Gasteiger partial charge in [0.25, 0.3) is 0 Å². The van der Waals surface area contributed by atoms with Gasteiger partial charge in [-0.25, -0.2) is 17.9 Å². The number of sulfonamides is 1. The number of hydrogen-bond donors (Lipinski definition) is 2. The second-order valence-corrected chi connectivity index (χ2v) is 9.62. The Labute approximate surface area is 190 Å². The van der Waals surface area contributed by atoms with Crippen molar-refractivity contribution in [1.82, 2.24) is 4.72 Å². The van der Waals surface area contributed by atoms with Crippen LogP contribution < -0.4 is 9.46 Å². The average molecular weight is 456 g/mol. The summed E-state index contributed by atoms with van der Waals surface area (Å²) in [6, 6.07) is 16.1. The first kappa shape index (κ1) is 23.5. The van der Waals surface area contributed by atoms with Crippen LogP contribution in [0.25, 0.3) is 0 Å². The highest BCUT2D eigenvalue weighted by Crippen LogP contribution is 2.24. The Hall–Kier alpha value is -3.16. The number of nitrogens with one attached hydrogen (secondary N) is 1. The van der Waals surface area contributed by atoms with E-state index in [9.17, 15) is 18.3 Å². The number of ether oxygens (including phenoxy) is 1. The molecule has 7 heteroatoms. The minimum atomic E-state index is -3.82. The number of benzene rings is 3. The average Bonchev–Trinajstić information content (AvgIpc) is 2.73. The predicted octanol–water partition coefficient (Wildman–Crippen LogP) is 5.18. The van der Waals surface area contributed by atoms with Gasteiger partial charge < -0.3 is 9.84 Å². The Morgan fingerprint density at radius 1 is 0.906 bits per heavy atom. The molecule has 0 amide bonds. The van der Waals surface area contributed by atoms with E-state index in [4.69, 9.17) is 4.74 Å². The molecule has 0 atom stereocenters. The van der Waals surface area contributed by atoms with Gasteiger partial charge in [-0.1, -0.05) is 18.2 Å². The van der Waals surface area contributed by atoms with E-state index in [0.29, 0.717) is 23.3 Å². The summed E-state index contributed by atoms with van der Waals surface area (Å²) in [5.74, 6) is 0.322. The van der Waals surface area contributed by atoms with E-state index in [1.165, 1.54) is 17.7 Å². The number of aromatic carboxylic acids is 1. The fraction of sp³-hybridized carbons (Fsp3) is 0.240. The summed E-state index contributed by atoms with van der Waals surface area (Å²) < 4.78 is 33.7. The van der Waals surface area contributed by atoms with Crippen molar-refractivity contribution in [2.75, 3.05) is 6.54 Å². The quantitative estimate of drug-likeness (QED) is 0.488. The lowest BCUT2D eigenvalue weighted by atomic mass is 10.0. The number of carbonyl (C=O) groups is 1. The lowest BCUT2D eigenvalue weighted by Crippen LogP contribution is -2.26. The molecule has 0 aromatic heterocycles. The third-order valence-corrected chi connectivity index (χ3v) is 6.97. The van der Waals surface area contributed by atoms with Gasteiger partial charge in [-0.05, 0) is 98.3 Å². The van der Waals surface area contributed by atoms with Gasteiger partial charge in [0.2, 0.25) is 10.0 Å². The molecule has 0 aliphatic heterocycles. The van der Waals surface area contributed by atoms with E-state index >= 15 is 0 Å². The Morgan fingerprint density at radius 2 is 1.56 bits per heavy atom. The van der Waals surface area contributed by atoms with Crippen LogP contribution in [0.2, 0.25) is 0 Å². The zero-order chi connectivity index (χ0) is 23.5. The minimum Gasteiger partial charge on any atom is -0.478 e. The van der Waals surface area contributed by atoms with E-state index < -0.39 is 16.0 Å². The molecule has 32 heavy (non-hydrogen) atoms. The summed E-state index contributed by atoms with van der Waals surface area (Å²) in [6.07, 6.45) is 0.486. The van der Waals surface area contributed by atoms with Gasteiger partial charge >= 0.3 is 5.97 Å². The topological polar surface area (TPSA) is 92.7 Å². The van der Waals surface area contributed by atoms with Crippen LogP contribution in [0.4, 0.5) is 0 Å². The molecule has 0 saturated heterocycles. The molecule has 0 radical (unpaired) electrons. The van der Waals surface area contributed by atoms with Crippen molar-refractivity contribution in [3.63, 3.8) is 0 Å². The first-order valence-corrected chi connectivity index (χ1v) is 11.7. The van der Waals surface area contributed by atoms with Gasteiger partial charge in [-0.15, -0.1) is 0 Å². The third kappa shape index (κ3) is 5.55. The molecule has 0 heterocycles. The largest absolute Gasteiger partial charge is 0.478 e. The second kappa shape index (κ2) is 9.54. The second-order valence-electron chi connectivity index (χ2n) is 7.86. The van der Waals surface area contributed by atoms with E-state index in [1.54, 1.807) is 13.8 Å². The molecule has 0 saturated carbocycles. The maximum atomic E-state index is 12.6. The number of hydrogen-bond acceptors (Lipinski definition) is 4. The number of carboxylic acid groups (broad SMARTS) is 1. The SMILES string of the molecule is Cc1ccc(Oc2ccc(CCNS(=O)(=O)c3cc(C)c(C)c(C(=O)O)c3)cc2)cc1C.[HH]. The zero-order valence-electron chi connectivity index (χ0n) is 18.6. The van der Waals surface area contributed by atoms with E-state index in [1.807, 2.05) is 56.3 Å². The molecule has 0 unspecified atom stereocenters. The van der Waals surface area contributed by atoms with E-state index in [-0.39, 0.29) is 18.4 Å². The van der Waals surface area contributed by atoms with Gasteiger partial charge in [-0.3, -0.25) is 0 Å². The van der Waals surface area contributed by atoms with E-state index in [2.05, 4.69) is 4.72 Å². The van der Waals surface area contributed by atoms with Crippen molar-refractivity contribution in [2.45, 2.75) is 39.0 Å². The van der Waals surface area contributed by atoms with Crippen LogP contribution in [-0.2, 0) is 16.4 Å². The van der Waals surface area contributed by atoms with Crippen molar-refractivity contribution in [3.8, 4) is 11.5 Å². The summed E-state index contributed by atoms with van der Waals surface area (Å²) in [7, 11) is -3.82. The highest BCUT2D eigenvalue weighted by molar-refractivity contribution is 7.89. The van der Waals surface area contributed by atoms with Gasteiger partial charge in [-0.2, -0.15) is 0 Å². The van der Waals surface area contributed by atoms with Gasteiger partial charge in [0.1, 0.15) is 11.5 Å². The van der Waals surface area contributed by atoms with E-state index in [0.717, 1.165) is 16.9 Å². The highest BCUT2D eigenvalue weighted by Gasteiger charge is 2.19. The van der Waals surface area contributed by atoms with Crippen molar-refractivity contribution in [1.29, 1.82) is 0 Å². The van der Waals surface area contributed by atoms with Crippen LogP contribution in [0.3, 0.4) is 0 Å². The van der Waals surface area contributed by atoms with Crippen molar-refractivity contribution >= 4 is 16.0 Å². The molecule has 170 valence electrons. The van der Waals surface area contributed by atoms with Gasteiger partial charge in [0.05, 0.1) is 10.5 Å². The molecule has 0 spiro atoms. The van der Waals surface area contributed by atoms with Crippen LogP contribution in [0, 0.1) is 27.7 Å². The summed E-state index contributed by atoms with van der Waals surface area (Å²) in [4.78, 5) is 11.4. The van der Waals surface area contributed by atoms with Crippen molar-refractivity contribution in [2.24, 2.45) is 0 Å². The Bertz CT molecular complexity index is 1250. The van der Waals surface area contributed by atoms with Crippen LogP contribution in [0.15, 0.2) is 59.5 Å². The third-order valence-electron chi connectivity index (χ3n) is 5.52. The maximum Gasteiger partial charge on any atom is 0.336 e. The number of aryl methyl sites for hydroxylation is 3. The fourth-order valence-electron chi connectivity index (χ4n) is 3.25. The molecule has 3 aromatic rings. The van der Waals surface area contributed by atoms with Crippen LogP contribution in [0.5, 0.6) is 11.5 Å². The Balaban J connectivity index is 0.00000385. The standard InChI is InChI=1S/C25H27NO5S.H2/c1-16-5-8-22(13-17(16)2)31-21-9-6-20(7-10-21)11-12-26-32(29,30)23-14-18(3)19(4)24(15-23)25(27)28;/h5-10,13-15,26H,11-12H2,1-4H3,(H,27,28);1H. The summed E-state index contributed by atoms with van der Waals surface area (Å²) >= 11 is 0. The Kier molecular flexibility index (Phi) is 7.01.